The Balaban J connectivity index is 1.54. The molecular weight excluding hydrogens is 444 g/mol. The van der Waals surface area contributed by atoms with E-state index >= 15 is 0 Å². The topological polar surface area (TPSA) is 85.8 Å². The average Bonchev–Trinajstić information content (AvgIpc) is 3.32. The van der Waals surface area contributed by atoms with Gasteiger partial charge in [-0.3, -0.25) is 0 Å². The summed E-state index contributed by atoms with van der Waals surface area (Å²) in [7, 11) is 1.62. The molecule has 0 saturated carbocycles. The smallest absolute Gasteiger partial charge is 0.410 e. The van der Waals surface area contributed by atoms with Crippen LogP contribution in [0, 0.1) is 0 Å². The van der Waals surface area contributed by atoms with E-state index in [1.54, 1.807) is 18.2 Å². The number of carbonyl (C=O) groups is 1. The molecule has 0 radical (unpaired) electrons. The van der Waals surface area contributed by atoms with E-state index in [1.807, 2.05) is 75.4 Å². The van der Waals surface area contributed by atoms with Crippen LogP contribution < -0.4 is 14.8 Å². The fraction of sp³-hybridized carbons (Fsp3) is 0.370. The molecule has 0 spiro atoms. The van der Waals surface area contributed by atoms with Crippen molar-refractivity contribution >= 4 is 11.8 Å². The zero-order valence-corrected chi connectivity index (χ0v) is 20.7. The lowest BCUT2D eigenvalue weighted by Crippen LogP contribution is -2.42. The van der Waals surface area contributed by atoms with Crippen LogP contribution in [0.2, 0.25) is 0 Å². The summed E-state index contributed by atoms with van der Waals surface area (Å²) in [4.78, 5) is 23.7. The number of carbonyl (C=O) groups excluding carboxylic acids is 1. The molecule has 1 saturated heterocycles. The van der Waals surface area contributed by atoms with Gasteiger partial charge in [-0.1, -0.05) is 30.3 Å². The number of hydrogen-bond donors (Lipinski definition) is 1. The highest BCUT2D eigenvalue weighted by molar-refractivity contribution is 5.69. The third-order valence-electron chi connectivity index (χ3n) is 5.59. The first-order valence-electron chi connectivity index (χ1n) is 11.8. The lowest BCUT2D eigenvalue weighted by atomic mass is 10.2. The molecule has 3 aromatic rings. The van der Waals surface area contributed by atoms with Crippen molar-refractivity contribution in [2.75, 3.05) is 25.5 Å². The van der Waals surface area contributed by atoms with Crippen LogP contribution in [0.1, 0.15) is 33.6 Å². The van der Waals surface area contributed by atoms with Gasteiger partial charge in [-0.05, 0) is 57.9 Å². The number of likely N-dealkylation sites (tertiary alicyclic amines) is 1. The number of methoxy groups -OCH3 is 1. The van der Waals surface area contributed by atoms with E-state index in [0.29, 0.717) is 36.2 Å². The van der Waals surface area contributed by atoms with Gasteiger partial charge >= 0.3 is 6.09 Å². The number of benzene rings is 2. The molecular formula is C27H32N4O4. The Morgan fingerprint density at radius 1 is 1.09 bits per heavy atom. The Kier molecular flexibility index (Phi) is 7.39. The van der Waals surface area contributed by atoms with Crippen LogP contribution in [0.25, 0.3) is 11.4 Å². The van der Waals surface area contributed by atoms with Crippen LogP contribution in [-0.4, -0.2) is 52.8 Å². The molecule has 8 nitrogen and oxygen atoms in total. The number of ether oxygens (including phenoxy) is 3. The molecule has 8 heteroatoms. The molecule has 1 aliphatic heterocycles. The number of nitrogens with zero attached hydrogens (tertiary/aromatic N) is 3. The van der Waals surface area contributed by atoms with E-state index in [4.69, 9.17) is 19.2 Å². The molecule has 35 heavy (non-hydrogen) atoms. The molecule has 1 aromatic heterocycles. The molecule has 1 fully saturated rings. The molecule has 2 heterocycles. The van der Waals surface area contributed by atoms with Gasteiger partial charge < -0.3 is 24.4 Å². The van der Waals surface area contributed by atoms with E-state index in [0.717, 1.165) is 24.2 Å². The van der Waals surface area contributed by atoms with Gasteiger partial charge in [0.15, 0.2) is 5.82 Å². The highest BCUT2D eigenvalue weighted by Gasteiger charge is 2.32. The largest absolute Gasteiger partial charge is 0.497 e. The SMILES string of the molecule is COc1ccc(Oc2nc(-c3ccccc3)ncc2NC[C@@H]2CCCN2C(=O)OC(C)(C)C)cc1. The Morgan fingerprint density at radius 3 is 2.49 bits per heavy atom. The standard InChI is InChI=1S/C27H32N4O4/c1-27(2,3)35-26(32)31-16-8-11-20(31)17-28-23-18-29-24(19-9-6-5-7-10-19)30-25(23)34-22-14-12-21(33-4)13-15-22/h5-7,9-10,12-15,18,20,28H,8,11,16-17H2,1-4H3/t20-/m0/s1. The van der Waals surface area contributed by atoms with Gasteiger partial charge in [-0.25, -0.2) is 9.78 Å². The summed E-state index contributed by atoms with van der Waals surface area (Å²) in [5.74, 6) is 2.34. The molecule has 1 atom stereocenters. The van der Waals surface area contributed by atoms with Crippen molar-refractivity contribution in [2.45, 2.75) is 45.3 Å². The van der Waals surface area contributed by atoms with Gasteiger partial charge in [-0.2, -0.15) is 4.98 Å². The zero-order valence-electron chi connectivity index (χ0n) is 20.7. The molecule has 4 rings (SSSR count). The average molecular weight is 477 g/mol. The van der Waals surface area contributed by atoms with E-state index in [1.165, 1.54) is 0 Å². The number of aromatic nitrogens is 2. The van der Waals surface area contributed by atoms with Crippen molar-refractivity contribution in [1.82, 2.24) is 14.9 Å². The van der Waals surface area contributed by atoms with Crippen LogP contribution >= 0.6 is 0 Å². The molecule has 0 aliphatic carbocycles. The van der Waals surface area contributed by atoms with Gasteiger partial charge in [0.2, 0.25) is 5.88 Å². The van der Waals surface area contributed by atoms with Crippen LogP contribution in [-0.2, 0) is 4.74 Å². The van der Waals surface area contributed by atoms with Crippen LogP contribution in [0.4, 0.5) is 10.5 Å². The minimum Gasteiger partial charge on any atom is -0.497 e. The van der Waals surface area contributed by atoms with Crippen molar-refractivity contribution in [1.29, 1.82) is 0 Å². The Bertz CT molecular complexity index is 1130. The molecule has 0 unspecified atom stereocenters. The number of rotatable bonds is 7. The van der Waals surface area contributed by atoms with Gasteiger partial charge in [0.25, 0.3) is 0 Å². The van der Waals surface area contributed by atoms with Crippen molar-refractivity contribution in [3.05, 3.63) is 60.8 Å². The first-order valence-corrected chi connectivity index (χ1v) is 11.8. The van der Waals surface area contributed by atoms with Crippen molar-refractivity contribution in [2.24, 2.45) is 0 Å². The van der Waals surface area contributed by atoms with Crippen molar-refractivity contribution in [3.8, 4) is 28.8 Å². The van der Waals surface area contributed by atoms with E-state index in [2.05, 4.69) is 10.3 Å². The minimum absolute atomic E-state index is 0.00693. The van der Waals surface area contributed by atoms with E-state index in [-0.39, 0.29) is 12.1 Å². The summed E-state index contributed by atoms with van der Waals surface area (Å²) in [5.41, 5.74) is 1.01. The van der Waals surface area contributed by atoms with Crippen LogP contribution in [0.5, 0.6) is 17.4 Å². The lowest BCUT2D eigenvalue weighted by molar-refractivity contribution is 0.0235. The summed E-state index contributed by atoms with van der Waals surface area (Å²) in [6.45, 7) is 6.85. The minimum atomic E-state index is -0.530. The quantitative estimate of drug-likeness (QED) is 0.464. The lowest BCUT2D eigenvalue weighted by Gasteiger charge is -2.29. The second-order valence-electron chi connectivity index (χ2n) is 9.41. The normalized spacial score (nSPS) is 15.5. The predicted molar refractivity (Wildman–Crippen MR) is 135 cm³/mol. The van der Waals surface area contributed by atoms with E-state index in [9.17, 15) is 4.79 Å². The molecule has 1 amide bonds. The first kappa shape index (κ1) is 24.3. The zero-order chi connectivity index (χ0) is 24.8. The number of nitrogens with one attached hydrogen (secondary N) is 1. The second-order valence-corrected chi connectivity index (χ2v) is 9.41. The van der Waals surface area contributed by atoms with E-state index < -0.39 is 5.60 Å². The maximum absolute atomic E-state index is 12.7. The third-order valence-corrected chi connectivity index (χ3v) is 5.59. The summed E-state index contributed by atoms with van der Waals surface area (Å²) in [5, 5.41) is 3.40. The molecule has 1 aliphatic rings. The Hall–Kier alpha value is -3.81. The number of anilines is 1. The Morgan fingerprint density at radius 2 is 1.80 bits per heavy atom. The van der Waals surface area contributed by atoms with Crippen LogP contribution in [0.3, 0.4) is 0 Å². The fourth-order valence-electron chi connectivity index (χ4n) is 3.88. The first-order chi connectivity index (χ1) is 16.8. The van der Waals surface area contributed by atoms with Gasteiger partial charge in [-0.15, -0.1) is 0 Å². The highest BCUT2D eigenvalue weighted by atomic mass is 16.6. The molecule has 184 valence electrons. The van der Waals surface area contributed by atoms with Gasteiger partial charge in [0, 0.05) is 18.7 Å². The van der Waals surface area contributed by atoms with Gasteiger partial charge in [0.05, 0.1) is 19.3 Å². The summed E-state index contributed by atoms with van der Waals surface area (Å²) in [6.07, 6.45) is 3.27. The third kappa shape index (κ3) is 6.41. The monoisotopic (exact) mass is 476 g/mol. The van der Waals surface area contributed by atoms with Crippen molar-refractivity contribution in [3.63, 3.8) is 0 Å². The predicted octanol–water partition coefficient (Wildman–Crippen LogP) is 5.76. The number of hydrogen-bond acceptors (Lipinski definition) is 7. The maximum atomic E-state index is 12.7. The summed E-state index contributed by atoms with van der Waals surface area (Å²) >= 11 is 0. The summed E-state index contributed by atoms with van der Waals surface area (Å²) < 4.78 is 17.0. The Labute approximate surface area is 206 Å². The van der Waals surface area contributed by atoms with Crippen LogP contribution in [0.15, 0.2) is 60.8 Å². The fourth-order valence-corrected chi connectivity index (χ4v) is 3.88. The highest BCUT2D eigenvalue weighted by Crippen LogP contribution is 2.31. The van der Waals surface area contributed by atoms with Gasteiger partial charge in [0.1, 0.15) is 22.8 Å². The molecule has 0 bridgehead atoms. The molecule has 1 N–H and O–H groups in total. The summed E-state index contributed by atoms with van der Waals surface area (Å²) in [6, 6.07) is 17.1. The molecule has 2 aromatic carbocycles. The van der Waals surface area contributed by atoms with Crippen molar-refractivity contribution < 1.29 is 19.0 Å². The maximum Gasteiger partial charge on any atom is 0.410 e. The second kappa shape index (κ2) is 10.6. The number of amides is 1.